The van der Waals surface area contributed by atoms with Gasteiger partial charge < -0.3 is 20.1 Å². The molecule has 0 saturated heterocycles. The van der Waals surface area contributed by atoms with E-state index in [-0.39, 0.29) is 24.9 Å². The molecule has 7 heteroatoms. The summed E-state index contributed by atoms with van der Waals surface area (Å²) in [4.78, 5) is 34.2. The number of ether oxygens (including phenoxy) is 2. The van der Waals surface area contributed by atoms with Gasteiger partial charge in [-0.25, -0.2) is 4.79 Å². The van der Waals surface area contributed by atoms with Crippen molar-refractivity contribution < 1.29 is 23.9 Å². The van der Waals surface area contributed by atoms with E-state index in [0.717, 1.165) is 0 Å². The van der Waals surface area contributed by atoms with Gasteiger partial charge in [0, 0.05) is 25.6 Å². The van der Waals surface area contributed by atoms with Gasteiger partial charge >= 0.3 is 12.1 Å². The molecule has 1 aromatic carbocycles. The molecular formula is C16H22N2O5. The van der Waals surface area contributed by atoms with Crippen LogP contribution in [0.25, 0.3) is 0 Å². The number of benzene rings is 1. The van der Waals surface area contributed by atoms with Crippen LogP contribution in [0.3, 0.4) is 0 Å². The fourth-order valence-electron chi connectivity index (χ4n) is 1.60. The molecule has 0 spiro atoms. The molecule has 0 unspecified atom stereocenters. The van der Waals surface area contributed by atoms with Crippen LogP contribution in [0.4, 0.5) is 4.79 Å². The van der Waals surface area contributed by atoms with Crippen LogP contribution in [0.2, 0.25) is 0 Å². The second kappa shape index (κ2) is 9.45. The minimum absolute atomic E-state index is 0.256. The van der Waals surface area contributed by atoms with Gasteiger partial charge in [-0.3, -0.25) is 9.59 Å². The number of hydrogen-bond acceptors (Lipinski definition) is 5. The molecule has 0 heterocycles. The zero-order valence-electron chi connectivity index (χ0n) is 13.5. The lowest BCUT2D eigenvalue weighted by Crippen LogP contribution is -2.35. The minimum Gasteiger partial charge on any atom is -0.449 e. The molecule has 0 aliphatic heterocycles. The summed E-state index contributed by atoms with van der Waals surface area (Å²) in [6, 6.07) is 6.28. The molecule has 0 aromatic heterocycles. The minimum atomic E-state index is -0.509. The first-order chi connectivity index (χ1) is 10.9. The number of hydrogen-bond donors (Lipinski definition) is 2. The van der Waals surface area contributed by atoms with Crippen LogP contribution < -0.4 is 15.4 Å². The first-order valence-electron chi connectivity index (χ1n) is 7.35. The molecule has 126 valence electrons. The van der Waals surface area contributed by atoms with Crippen molar-refractivity contribution in [2.24, 2.45) is 5.92 Å². The van der Waals surface area contributed by atoms with Crippen LogP contribution in [0.5, 0.6) is 5.75 Å². The normalized spacial score (nSPS) is 10.1. The van der Waals surface area contributed by atoms with Gasteiger partial charge in [0.2, 0.25) is 0 Å². The number of nitrogens with one attached hydrogen (secondary N) is 2. The lowest BCUT2D eigenvalue weighted by molar-refractivity contribution is -0.131. The molecule has 0 atom stereocenters. The van der Waals surface area contributed by atoms with Crippen molar-refractivity contribution >= 4 is 18.0 Å². The van der Waals surface area contributed by atoms with Gasteiger partial charge in [0.05, 0.1) is 6.61 Å². The standard InChI is InChI=1S/C16H22N2O5/c1-11(2)10-22-16(21)18-8-7-17-15(20)13-5-4-6-14(9-13)23-12(3)19/h4-6,9,11H,7-8,10H2,1-3H3,(H,17,20)(H,18,21). The Hall–Kier alpha value is -2.57. The van der Waals surface area contributed by atoms with Gasteiger partial charge in [-0.1, -0.05) is 19.9 Å². The zero-order chi connectivity index (χ0) is 17.2. The van der Waals surface area contributed by atoms with E-state index in [1.165, 1.54) is 13.0 Å². The lowest BCUT2D eigenvalue weighted by atomic mass is 10.2. The van der Waals surface area contributed by atoms with Gasteiger partial charge in [-0.2, -0.15) is 0 Å². The van der Waals surface area contributed by atoms with Gasteiger partial charge in [0.25, 0.3) is 5.91 Å². The highest BCUT2D eigenvalue weighted by molar-refractivity contribution is 5.94. The van der Waals surface area contributed by atoms with Crippen molar-refractivity contribution in [2.75, 3.05) is 19.7 Å². The number of carbonyl (C=O) groups excluding carboxylic acids is 3. The third-order valence-electron chi connectivity index (χ3n) is 2.59. The number of rotatable bonds is 7. The quantitative estimate of drug-likeness (QED) is 0.453. The van der Waals surface area contributed by atoms with E-state index >= 15 is 0 Å². The van der Waals surface area contributed by atoms with E-state index in [1.807, 2.05) is 13.8 Å². The van der Waals surface area contributed by atoms with Crippen molar-refractivity contribution in [3.8, 4) is 5.75 Å². The van der Waals surface area contributed by atoms with Crippen LogP contribution in [0.1, 0.15) is 31.1 Å². The van der Waals surface area contributed by atoms with Crippen LogP contribution in [-0.2, 0) is 9.53 Å². The number of amides is 2. The highest BCUT2D eigenvalue weighted by Crippen LogP contribution is 2.13. The summed E-state index contributed by atoms with van der Waals surface area (Å²) in [6.07, 6.45) is -0.509. The fraction of sp³-hybridized carbons (Fsp3) is 0.438. The Morgan fingerprint density at radius 1 is 1.13 bits per heavy atom. The summed E-state index contributed by atoms with van der Waals surface area (Å²) in [5.41, 5.74) is 0.367. The van der Waals surface area contributed by atoms with E-state index in [1.54, 1.807) is 18.2 Å². The number of carbonyl (C=O) groups is 3. The molecule has 0 radical (unpaired) electrons. The Kier molecular flexibility index (Phi) is 7.59. The predicted octanol–water partition coefficient (Wildman–Crippen LogP) is 1.72. The molecule has 0 aliphatic rings. The maximum absolute atomic E-state index is 11.9. The highest BCUT2D eigenvalue weighted by atomic mass is 16.5. The molecule has 0 fully saturated rings. The van der Waals surface area contributed by atoms with Gasteiger partial charge in [-0.15, -0.1) is 0 Å². The molecule has 1 aromatic rings. The maximum atomic E-state index is 11.9. The van der Waals surface area contributed by atoms with Crippen molar-refractivity contribution in [2.45, 2.75) is 20.8 Å². The fourth-order valence-corrected chi connectivity index (χ4v) is 1.60. The SMILES string of the molecule is CC(=O)Oc1cccc(C(=O)NCCNC(=O)OCC(C)C)c1. The van der Waals surface area contributed by atoms with Crippen LogP contribution in [0, 0.1) is 5.92 Å². The summed E-state index contributed by atoms with van der Waals surface area (Å²) < 4.78 is 9.85. The highest BCUT2D eigenvalue weighted by Gasteiger charge is 2.08. The largest absolute Gasteiger partial charge is 0.449 e. The summed E-state index contributed by atoms with van der Waals surface area (Å²) >= 11 is 0. The van der Waals surface area contributed by atoms with E-state index in [2.05, 4.69) is 10.6 Å². The van der Waals surface area contributed by atoms with Gasteiger partial charge in [0.1, 0.15) is 5.75 Å². The second-order valence-corrected chi connectivity index (χ2v) is 5.30. The van der Waals surface area contributed by atoms with Crippen LogP contribution >= 0.6 is 0 Å². The Labute approximate surface area is 135 Å². The average molecular weight is 322 g/mol. The van der Waals surface area contributed by atoms with E-state index in [9.17, 15) is 14.4 Å². The summed E-state index contributed by atoms with van der Waals surface area (Å²) in [6.45, 7) is 6.03. The summed E-state index contributed by atoms with van der Waals surface area (Å²) in [5, 5.41) is 5.19. The monoisotopic (exact) mass is 322 g/mol. The first kappa shape index (κ1) is 18.5. The first-order valence-corrected chi connectivity index (χ1v) is 7.35. The summed E-state index contributed by atoms with van der Waals surface area (Å²) in [5.74, 6) is -0.200. The molecule has 0 aliphatic carbocycles. The van der Waals surface area contributed by atoms with E-state index in [0.29, 0.717) is 17.9 Å². The van der Waals surface area contributed by atoms with E-state index in [4.69, 9.17) is 9.47 Å². The van der Waals surface area contributed by atoms with Crippen LogP contribution in [-0.4, -0.2) is 37.7 Å². The van der Waals surface area contributed by atoms with Crippen molar-refractivity contribution in [3.05, 3.63) is 29.8 Å². The topological polar surface area (TPSA) is 93.7 Å². The average Bonchev–Trinajstić information content (AvgIpc) is 2.49. The molecule has 2 N–H and O–H groups in total. The third-order valence-corrected chi connectivity index (χ3v) is 2.59. The molecule has 0 saturated carbocycles. The molecular weight excluding hydrogens is 300 g/mol. The molecule has 0 bridgehead atoms. The zero-order valence-corrected chi connectivity index (χ0v) is 13.5. The maximum Gasteiger partial charge on any atom is 0.407 e. The molecule has 23 heavy (non-hydrogen) atoms. The Balaban J connectivity index is 2.34. The second-order valence-electron chi connectivity index (χ2n) is 5.30. The third kappa shape index (κ3) is 7.85. The van der Waals surface area contributed by atoms with Gasteiger partial charge in [-0.05, 0) is 24.1 Å². The summed E-state index contributed by atoms with van der Waals surface area (Å²) in [7, 11) is 0. The Bertz CT molecular complexity index is 557. The van der Waals surface area contributed by atoms with Crippen LogP contribution in [0.15, 0.2) is 24.3 Å². The Morgan fingerprint density at radius 2 is 1.83 bits per heavy atom. The lowest BCUT2D eigenvalue weighted by Gasteiger charge is -2.10. The van der Waals surface area contributed by atoms with Crippen molar-refractivity contribution in [3.63, 3.8) is 0 Å². The molecule has 7 nitrogen and oxygen atoms in total. The predicted molar refractivity (Wildman–Crippen MR) is 84.3 cm³/mol. The number of esters is 1. The number of alkyl carbamates (subject to hydrolysis) is 1. The van der Waals surface area contributed by atoms with Crippen molar-refractivity contribution in [1.82, 2.24) is 10.6 Å². The Morgan fingerprint density at radius 3 is 2.48 bits per heavy atom. The smallest absolute Gasteiger partial charge is 0.407 e. The van der Waals surface area contributed by atoms with E-state index < -0.39 is 12.1 Å². The molecule has 1 rings (SSSR count). The molecule has 2 amide bonds. The van der Waals surface area contributed by atoms with Crippen molar-refractivity contribution in [1.29, 1.82) is 0 Å². The van der Waals surface area contributed by atoms with Gasteiger partial charge in [0.15, 0.2) is 0 Å².